The van der Waals surface area contributed by atoms with Crippen molar-refractivity contribution in [1.82, 2.24) is 4.72 Å². The molecule has 1 saturated carbocycles. The van der Waals surface area contributed by atoms with Crippen LogP contribution >= 0.6 is 11.6 Å². The summed E-state index contributed by atoms with van der Waals surface area (Å²) in [4.78, 5) is 0. The number of alkyl halides is 1. The summed E-state index contributed by atoms with van der Waals surface area (Å²) in [6, 6.07) is 0.0948. The van der Waals surface area contributed by atoms with Crippen LogP contribution in [-0.2, 0) is 10.0 Å². The summed E-state index contributed by atoms with van der Waals surface area (Å²) in [6.07, 6.45) is 3.54. The van der Waals surface area contributed by atoms with Gasteiger partial charge in [0.25, 0.3) is 0 Å². The fourth-order valence-electron chi connectivity index (χ4n) is 1.54. The SMILES string of the molecule is CC(C)S(=O)(=O)NC1CCC(Cl)CC1. The zero-order chi connectivity index (χ0) is 10.8. The van der Waals surface area contributed by atoms with Crippen molar-refractivity contribution in [2.75, 3.05) is 0 Å². The van der Waals surface area contributed by atoms with E-state index in [4.69, 9.17) is 11.6 Å². The first kappa shape index (κ1) is 12.3. The smallest absolute Gasteiger partial charge is 0.212 e. The van der Waals surface area contributed by atoms with Crippen LogP contribution in [0.4, 0.5) is 0 Å². The van der Waals surface area contributed by atoms with Gasteiger partial charge in [-0.05, 0) is 39.5 Å². The van der Waals surface area contributed by atoms with Crippen LogP contribution in [0.15, 0.2) is 0 Å². The zero-order valence-electron chi connectivity index (χ0n) is 8.66. The van der Waals surface area contributed by atoms with Crippen LogP contribution in [-0.4, -0.2) is 25.1 Å². The van der Waals surface area contributed by atoms with Crippen molar-refractivity contribution in [2.24, 2.45) is 0 Å². The lowest BCUT2D eigenvalue weighted by Crippen LogP contribution is -2.41. The summed E-state index contributed by atoms with van der Waals surface area (Å²) < 4.78 is 25.8. The fourth-order valence-corrected chi connectivity index (χ4v) is 2.76. The van der Waals surface area contributed by atoms with Gasteiger partial charge in [0.2, 0.25) is 10.0 Å². The standard InChI is InChI=1S/C9H18ClNO2S/c1-7(2)14(12,13)11-9-5-3-8(10)4-6-9/h7-9,11H,3-6H2,1-2H3. The second kappa shape index (κ2) is 4.81. The number of nitrogens with one attached hydrogen (secondary N) is 1. The molecule has 1 fully saturated rings. The van der Waals surface area contributed by atoms with Gasteiger partial charge < -0.3 is 0 Å². The summed E-state index contributed by atoms with van der Waals surface area (Å²) >= 11 is 5.94. The molecule has 1 N–H and O–H groups in total. The number of sulfonamides is 1. The molecule has 0 saturated heterocycles. The molecule has 0 bridgehead atoms. The Morgan fingerprint density at radius 2 is 1.71 bits per heavy atom. The molecule has 0 aliphatic heterocycles. The molecule has 0 atom stereocenters. The average molecular weight is 240 g/mol. The quantitative estimate of drug-likeness (QED) is 0.765. The van der Waals surface area contributed by atoms with Gasteiger partial charge in [0.15, 0.2) is 0 Å². The van der Waals surface area contributed by atoms with Crippen molar-refractivity contribution < 1.29 is 8.42 Å². The van der Waals surface area contributed by atoms with E-state index in [9.17, 15) is 8.42 Å². The van der Waals surface area contributed by atoms with Gasteiger partial charge in [-0.15, -0.1) is 11.6 Å². The molecule has 1 aliphatic rings. The number of halogens is 1. The van der Waals surface area contributed by atoms with Gasteiger partial charge in [-0.1, -0.05) is 0 Å². The van der Waals surface area contributed by atoms with Crippen molar-refractivity contribution in [3.05, 3.63) is 0 Å². The highest BCUT2D eigenvalue weighted by Crippen LogP contribution is 2.23. The maximum Gasteiger partial charge on any atom is 0.214 e. The van der Waals surface area contributed by atoms with Crippen molar-refractivity contribution in [3.8, 4) is 0 Å². The third kappa shape index (κ3) is 3.41. The highest BCUT2D eigenvalue weighted by Gasteiger charge is 2.25. The lowest BCUT2D eigenvalue weighted by molar-refractivity contribution is 0.415. The number of hydrogen-bond acceptors (Lipinski definition) is 2. The van der Waals surface area contributed by atoms with E-state index in [1.54, 1.807) is 13.8 Å². The van der Waals surface area contributed by atoms with Gasteiger partial charge >= 0.3 is 0 Å². The van der Waals surface area contributed by atoms with E-state index >= 15 is 0 Å². The maximum atomic E-state index is 11.5. The molecule has 0 aromatic carbocycles. The van der Waals surface area contributed by atoms with Crippen LogP contribution in [0.5, 0.6) is 0 Å². The minimum Gasteiger partial charge on any atom is -0.212 e. The van der Waals surface area contributed by atoms with Crippen LogP contribution < -0.4 is 4.72 Å². The highest BCUT2D eigenvalue weighted by molar-refractivity contribution is 7.90. The highest BCUT2D eigenvalue weighted by atomic mass is 35.5. The van der Waals surface area contributed by atoms with Crippen molar-refractivity contribution in [1.29, 1.82) is 0 Å². The second-order valence-corrected chi connectivity index (χ2v) is 7.05. The Labute approximate surface area is 91.3 Å². The van der Waals surface area contributed by atoms with Gasteiger partial charge in [0.05, 0.1) is 5.25 Å². The normalized spacial score (nSPS) is 29.4. The summed E-state index contributed by atoms with van der Waals surface area (Å²) in [7, 11) is -3.11. The fraction of sp³-hybridized carbons (Fsp3) is 1.00. The molecule has 0 heterocycles. The van der Waals surface area contributed by atoms with Crippen molar-refractivity contribution in [3.63, 3.8) is 0 Å². The van der Waals surface area contributed by atoms with Gasteiger partial charge in [-0.25, -0.2) is 13.1 Å². The van der Waals surface area contributed by atoms with Gasteiger partial charge in [0, 0.05) is 11.4 Å². The zero-order valence-corrected chi connectivity index (χ0v) is 10.2. The molecule has 14 heavy (non-hydrogen) atoms. The summed E-state index contributed by atoms with van der Waals surface area (Å²) in [5.74, 6) is 0. The molecule has 5 heteroatoms. The van der Waals surface area contributed by atoms with E-state index in [0.717, 1.165) is 25.7 Å². The molecule has 1 aliphatic carbocycles. The molecule has 0 radical (unpaired) electrons. The van der Waals surface area contributed by atoms with Crippen molar-refractivity contribution >= 4 is 21.6 Å². The van der Waals surface area contributed by atoms with E-state index < -0.39 is 10.0 Å². The Balaban J connectivity index is 2.46. The van der Waals surface area contributed by atoms with Crippen LogP contribution in [0, 0.1) is 0 Å². The van der Waals surface area contributed by atoms with E-state index in [0.29, 0.717) is 0 Å². The maximum absolute atomic E-state index is 11.5. The van der Waals surface area contributed by atoms with Gasteiger partial charge in [0.1, 0.15) is 0 Å². The Hall–Kier alpha value is 0.200. The predicted octanol–water partition coefficient (Wildman–Crippen LogP) is 1.86. The molecular formula is C9H18ClNO2S. The number of rotatable bonds is 3. The molecule has 0 spiro atoms. The first-order valence-corrected chi connectivity index (χ1v) is 7.05. The third-order valence-electron chi connectivity index (χ3n) is 2.61. The van der Waals surface area contributed by atoms with Crippen LogP contribution in [0.1, 0.15) is 39.5 Å². The Bertz CT molecular complexity index is 269. The predicted molar refractivity (Wildman–Crippen MR) is 59.1 cm³/mol. The Morgan fingerprint density at radius 1 is 1.21 bits per heavy atom. The minimum absolute atomic E-state index is 0.0948. The minimum atomic E-state index is -3.11. The van der Waals surface area contributed by atoms with E-state index in [1.807, 2.05) is 0 Å². The molecule has 0 amide bonds. The Morgan fingerprint density at radius 3 is 2.14 bits per heavy atom. The third-order valence-corrected chi connectivity index (χ3v) is 4.95. The largest absolute Gasteiger partial charge is 0.214 e. The monoisotopic (exact) mass is 239 g/mol. The topological polar surface area (TPSA) is 46.2 Å². The van der Waals surface area contributed by atoms with Crippen molar-refractivity contribution in [2.45, 2.75) is 56.2 Å². The average Bonchev–Trinajstić information content (AvgIpc) is 2.08. The Kier molecular flexibility index (Phi) is 4.22. The van der Waals surface area contributed by atoms with E-state index in [2.05, 4.69) is 4.72 Å². The summed E-state index contributed by atoms with van der Waals surface area (Å²) in [5, 5.41) is -0.119. The van der Waals surface area contributed by atoms with E-state index in [-0.39, 0.29) is 16.7 Å². The van der Waals surface area contributed by atoms with Crippen LogP contribution in [0.2, 0.25) is 0 Å². The first-order chi connectivity index (χ1) is 6.42. The lowest BCUT2D eigenvalue weighted by Gasteiger charge is -2.26. The molecule has 0 unspecified atom stereocenters. The molecule has 1 rings (SSSR count). The molecule has 0 aromatic heterocycles. The van der Waals surface area contributed by atoms with E-state index in [1.165, 1.54) is 0 Å². The number of hydrogen-bond donors (Lipinski definition) is 1. The first-order valence-electron chi connectivity index (χ1n) is 5.07. The molecule has 84 valence electrons. The summed E-state index contributed by atoms with van der Waals surface area (Å²) in [6.45, 7) is 3.38. The molecule has 0 aromatic rings. The summed E-state index contributed by atoms with van der Waals surface area (Å²) in [5.41, 5.74) is 0. The second-order valence-electron chi connectivity index (χ2n) is 4.16. The van der Waals surface area contributed by atoms with Crippen LogP contribution in [0.25, 0.3) is 0 Å². The van der Waals surface area contributed by atoms with Crippen LogP contribution in [0.3, 0.4) is 0 Å². The lowest BCUT2D eigenvalue weighted by atomic mass is 9.96. The molecular weight excluding hydrogens is 222 g/mol. The van der Waals surface area contributed by atoms with Gasteiger partial charge in [-0.3, -0.25) is 0 Å². The van der Waals surface area contributed by atoms with Gasteiger partial charge in [-0.2, -0.15) is 0 Å². The molecule has 3 nitrogen and oxygen atoms in total.